The Morgan fingerprint density at radius 2 is 2.04 bits per heavy atom. The quantitative estimate of drug-likeness (QED) is 0.896. The van der Waals surface area contributed by atoms with E-state index in [-0.39, 0.29) is 18.1 Å². The van der Waals surface area contributed by atoms with Gasteiger partial charge in [-0.2, -0.15) is 0 Å². The topological polar surface area (TPSA) is 52.6 Å². The number of rotatable bonds is 3. The summed E-state index contributed by atoms with van der Waals surface area (Å²) in [7, 11) is 1.86. The lowest BCUT2D eigenvalue weighted by Gasteiger charge is -2.31. The zero-order valence-electron chi connectivity index (χ0n) is 14.4. The van der Waals surface area contributed by atoms with Gasteiger partial charge < -0.3 is 15.3 Å². The van der Waals surface area contributed by atoms with Crippen LogP contribution in [0.25, 0.3) is 0 Å². The van der Waals surface area contributed by atoms with E-state index < -0.39 is 0 Å². The van der Waals surface area contributed by atoms with Crippen molar-refractivity contribution in [3.05, 3.63) is 35.4 Å². The van der Waals surface area contributed by atoms with Gasteiger partial charge in [-0.3, -0.25) is 0 Å². The zero-order valence-corrected chi connectivity index (χ0v) is 14.4. The Kier molecular flexibility index (Phi) is 4.25. The van der Waals surface area contributed by atoms with Gasteiger partial charge in [0.25, 0.3) is 0 Å². The van der Waals surface area contributed by atoms with Gasteiger partial charge in [-0.15, -0.1) is 0 Å². The van der Waals surface area contributed by atoms with Gasteiger partial charge in [0.1, 0.15) is 0 Å². The van der Waals surface area contributed by atoms with Crippen LogP contribution < -0.4 is 5.32 Å². The van der Waals surface area contributed by atoms with Gasteiger partial charge >= 0.3 is 6.03 Å². The highest BCUT2D eigenvalue weighted by molar-refractivity contribution is 5.75. The Labute approximate surface area is 144 Å². The van der Waals surface area contributed by atoms with E-state index >= 15 is 0 Å². The van der Waals surface area contributed by atoms with Gasteiger partial charge in [0.2, 0.25) is 0 Å². The number of aryl methyl sites for hydroxylation is 1. The number of hydrogen-bond acceptors (Lipinski definition) is 2. The molecule has 0 bridgehead atoms. The molecule has 0 saturated heterocycles. The number of nitrogens with one attached hydrogen (secondary N) is 1. The highest BCUT2D eigenvalue weighted by atomic mass is 16.3. The summed E-state index contributed by atoms with van der Waals surface area (Å²) >= 11 is 0. The molecule has 24 heavy (non-hydrogen) atoms. The van der Waals surface area contributed by atoms with Crippen LogP contribution in [0.15, 0.2) is 24.3 Å². The molecule has 2 fully saturated rings. The fourth-order valence-corrected chi connectivity index (χ4v) is 4.85. The predicted octanol–water partition coefficient (Wildman–Crippen LogP) is 2.91. The second kappa shape index (κ2) is 6.40. The maximum absolute atomic E-state index is 12.6. The average molecular weight is 328 g/mol. The first-order chi connectivity index (χ1) is 11.6. The molecule has 0 spiro atoms. The first-order valence-electron chi connectivity index (χ1n) is 9.42. The molecule has 0 aromatic heterocycles. The van der Waals surface area contributed by atoms with Crippen LogP contribution in [0.4, 0.5) is 4.79 Å². The van der Waals surface area contributed by atoms with Gasteiger partial charge in [0.15, 0.2) is 0 Å². The second-order valence-electron chi connectivity index (χ2n) is 7.89. The highest BCUT2D eigenvalue weighted by Gasteiger charge is 2.54. The summed E-state index contributed by atoms with van der Waals surface area (Å²) in [6.45, 7) is 0.658. The van der Waals surface area contributed by atoms with Gasteiger partial charge in [0.05, 0.1) is 6.10 Å². The number of fused-ring (bicyclic) bond motifs is 3. The second-order valence-corrected chi connectivity index (χ2v) is 7.89. The first kappa shape index (κ1) is 15.9. The molecule has 2 saturated carbocycles. The van der Waals surface area contributed by atoms with E-state index in [4.69, 9.17) is 0 Å². The van der Waals surface area contributed by atoms with Crippen molar-refractivity contribution in [2.45, 2.75) is 56.6 Å². The van der Waals surface area contributed by atoms with Gasteiger partial charge in [-0.25, -0.2) is 4.79 Å². The summed E-state index contributed by atoms with van der Waals surface area (Å²) in [4.78, 5) is 14.3. The number of aliphatic hydroxyl groups is 1. The van der Waals surface area contributed by atoms with Crippen molar-refractivity contribution < 1.29 is 9.90 Å². The largest absolute Gasteiger partial charge is 0.393 e. The summed E-state index contributed by atoms with van der Waals surface area (Å²) in [5.41, 5.74) is 2.89. The molecule has 3 aliphatic rings. The Bertz CT molecular complexity index is 617. The molecule has 5 atom stereocenters. The lowest BCUT2D eigenvalue weighted by atomic mass is 9.86. The standard InChI is InChI=1S/C20H28N2O2/c1-22(12-14-7-3-5-9-17(14)23)20(24)21-19-16-11-10-13-6-2-4-8-15(13)18(16)19/h2,4,6,8,14,16-19,23H,3,5,7,9-12H2,1H3,(H,21,24). The van der Waals surface area contributed by atoms with Crippen LogP contribution in [0.3, 0.4) is 0 Å². The van der Waals surface area contributed by atoms with E-state index in [1.807, 2.05) is 7.05 Å². The minimum atomic E-state index is -0.246. The van der Waals surface area contributed by atoms with Crippen molar-refractivity contribution in [1.29, 1.82) is 0 Å². The smallest absolute Gasteiger partial charge is 0.317 e. The summed E-state index contributed by atoms with van der Waals surface area (Å²) in [5.74, 6) is 1.35. The number of urea groups is 1. The molecule has 2 N–H and O–H groups in total. The molecule has 5 unspecified atom stereocenters. The third kappa shape index (κ3) is 2.92. The number of hydrogen-bond donors (Lipinski definition) is 2. The molecule has 4 rings (SSSR count). The number of nitrogens with zero attached hydrogens (tertiary/aromatic N) is 1. The van der Waals surface area contributed by atoms with Gasteiger partial charge in [-0.1, -0.05) is 37.1 Å². The van der Waals surface area contributed by atoms with Crippen molar-refractivity contribution in [3.8, 4) is 0 Å². The summed E-state index contributed by atoms with van der Waals surface area (Å²) in [5, 5.41) is 13.4. The molecule has 3 aliphatic carbocycles. The molecule has 1 aromatic carbocycles. The summed E-state index contributed by atoms with van der Waals surface area (Å²) < 4.78 is 0. The molecule has 4 heteroatoms. The molecule has 1 aromatic rings. The van der Waals surface area contributed by atoms with E-state index in [1.54, 1.807) is 4.90 Å². The normalized spacial score (nSPS) is 34.0. The fraction of sp³-hybridized carbons (Fsp3) is 0.650. The summed E-state index contributed by atoms with van der Waals surface area (Å²) in [6, 6.07) is 8.97. The van der Waals surface area contributed by atoms with Crippen LogP contribution in [-0.4, -0.2) is 41.8 Å². The minimum absolute atomic E-state index is 0.0182. The lowest BCUT2D eigenvalue weighted by molar-refractivity contribution is 0.0564. The fourth-order valence-electron chi connectivity index (χ4n) is 4.85. The van der Waals surface area contributed by atoms with Gasteiger partial charge in [-0.05, 0) is 42.7 Å². The first-order valence-corrected chi connectivity index (χ1v) is 9.42. The van der Waals surface area contributed by atoms with Crippen LogP contribution in [-0.2, 0) is 6.42 Å². The lowest BCUT2D eigenvalue weighted by Crippen LogP contribution is -2.44. The molecule has 0 radical (unpaired) electrons. The van der Waals surface area contributed by atoms with E-state index in [1.165, 1.54) is 24.0 Å². The van der Waals surface area contributed by atoms with Crippen molar-refractivity contribution in [3.63, 3.8) is 0 Å². The Hall–Kier alpha value is -1.55. The van der Waals surface area contributed by atoms with E-state index in [9.17, 15) is 9.90 Å². The van der Waals surface area contributed by atoms with Crippen molar-refractivity contribution in [1.82, 2.24) is 10.2 Å². The van der Waals surface area contributed by atoms with E-state index in [2.05, 4.69) is 29.6 Å². The maximum Gasteiger partial charge on any atom is 0.317 e. The Balaban J connectivity index is 1.34. The maximum atomic E-state index is 12.6. The molecule has 4 nitrogen and oxygen atoms in total. The SMILES string of the molecule is CN(CC1CCCCC1O)C(=O)NC1C2CCc3ccccc3C21. The van der Waals surface area contributed by atoms with Crippen molar-refractivity contribution >= 4 is 6.03 Å². The van der Waals surface area contributed by atoms with E-state index in [0.717, 1.165) is 25.7 Å². The number of benzene rings is 1. The minimum Gasteiger partial charge on any atom is -0.393 e. The third-order valence-electron chi connectivity index (χ3n) is 6.34. The van der Waals surface area contributed by atoms with Crippen LogP contribution in [0, 0.1) is 11.8 Å². The number of carbonyl (C=O) groups is 1. The molecular weight excluding hydrogens is 300 g/mol. The van der Waals surface area contributed by atoms with Crippen LogP contribution >= 0.6 is 0 Å². The Morgan fingerprint density at radius 1 is 1.25 bits per heavy atom. The number of aliphatic hydroxyl groups excluding tert-OH is 1. The molecule has 2 amide bonds. The molecule has 130 valence electrons. The van der Waals surface area contributed by atoms with Crippen LogP contribution in [0.5, 0.6) is 0 Å². The van der Waals surface area contributed by atoms with Crippen molar-refractivity contribution in [2.24, 2.45) is 11.8 Å². The third-order valence-corrected chi connectivity index (χ3v) is 6.34. The number of carbonyl (C=O) groups excluding carboxylic acids is 1. The summed E-state index contributed by atoms with van der Waals surface area (Å²) in [6.07, 6.45) is 6.25. The highest BCUT2D eigenvalue weighted by Crippen LogP contribution is 2.54. The average Bonchev–Trinajstić information content (AvgIpc) is 3.30. The molecule has 0 aliphatic heterocycles. The molecule has 0 heterocycles. The predicted molar refractivity (Wildman–Crippen MR) is 93.9 cm³/mol. The monoisotopic (exact) mass is 328 g/mol. The molecular formula is C20H28N2O2. The Morgan fingerprint density at radius 3 is 2.88 bits per heavy atom. The van der Waals surface area contributed by atoms with E-state index in [0.29, 0.717) is 24.4 Å². The zero-order chi connectivity index (χ0) is 16.7. The van der Waals surface area contributed by atoms with Crippen LogP contribution in [0.1, 0.15) is 49.1 Å². The number of amides is 2. The van der Waals surface area contributed by atoms with Gasteiger partial charge in [0, 0.05) is 31.5 Å². The van der Waals surface area contributed by atoms with Crippen molar-refractivity contribution in [2.75, 3.05) is 13.6 Å². The van der Waals surface area contributed by atoms with Crippen LogP contribution in [0.2, 0.25) is 0 Å².